The molecule has 2 aliphatic heterocycles. The summed E-state index contributed by atoms with van der Waals surface area (Å²) in [4.78, 5) is 17.2. The standard InChI is InChI=1S/C20H21NOS/c1-14-5-4-10-21(14)20(22)12-15-8-9-19-17(11-15)13-16-6-2-3-7-18(16)23-19/h2-3,6-9,11,14H,4-5,10,12-13H2,1H3. The first-order valence-electron chi connectivity index (χ1n) is 8.38. The molecule has 2 aliphatic rings. The first-order valence-corrected chi connectivity index (χ1v) is 9.19. The molecule has 1 saturated heterocycles. The van der Waals surface area contributed by atoms with Crippen molar-refractivity contribution >= 4 is 17.7 Å². The smallest absolute Gasteiger partial charge is 0.227 e. The van der Waals surface area contributed by atoms with Gasteiger partial charge in [-0.2, -0.15) is 0 Å². The third kappa shape index (κ3) is 2.90. The Balaban J connectivity index is 1.53. The lowest BCUT2D eigenvalue weighted by Gasteiger charge is -2.22. The highest BCUT2D eigenvalue weighted by Gasteiger charge is 2.25. The van der Waals surface area contributed by atoms with E-state index in [1.165, 1.54) is 20.9 Å². The minimum absolute atomic E-state index is 0.277. The van der Waals surface area contributed by atoms with Crippen LogP contribution in [0, 0.1) is 0 Å². The summed E-state index contributed by atoms with van der Waals surface area (Å²) in [7, 11) is 0. The third-order valence-corrected chi connectivity index (χ3v) is 6.16. The fourth-order valence-electron chi connectivity index (χ4n) is 3.63. The maximum atomic E-state index is 12.5. The van der Waals surface area contributed by atoms with Gasteiger partial charge in [0.1, 0.15) is 0 Å². The molecule has 3 heteroatoms. The van der Waals surface area contributed by atoms with E-state index >= 15 is 0 Å². The van der Waals surface area contributed by atoms with Gasteiger partial charge in [-0.3, -0.25) is 4.79 Å². The molecular formula is C20H21NOS. The highest BCUT2D eigenvalue weighted by Crippen LogP contribution is 2.39. The topological polar surface area (TPSA) is 20.3 Å². The molecule has 2 aromatic carbocycles. The second-order valence-electron chi connectivity index (χ2n) is 6.58. The molecule has 0 spiro atoms. The van der Waals surface area contributed by atoms with Crippen LogP contribution in [-0.2, 0) is 17.6 Å². The van der Waals surface area contributed by atoms with Crippen LogP contribution < -0.4 is 0 Å². The maximum absolute atomic E-state index is 12.5. The van der Waals surface area contributed by atoms with Crippen LogP contribution in [0.2, 0.25) is 0 Å². The molecule has 0 N–H and O–H groups in total. The largest absolute Gasteiger partial charge is 0.340 e. The third-order valence-electron chi connectivity index (χ3n) is 4.93. The van der Waals surface area contributed by atoms with Gasteiger partial charge in [-0.25, -0.2) is 0 Å². The van der Waals surface area contributed by atoms with Gasteiger partial charge >= 0.3 is 0 Å². The van der Waals surface area contributed by atoms with Crippen molar-refractivity contribution in [1.82, 2.24) is 4.90 Å². The molecule has 2 nitrogen and oxygen atoms in total. The van der Waals surface area contributed by atoms with Gasteiger partial charge in [-0.1, -0.05) is 42.1 Å². The summed E-state index contributed by atoms with van der Waals surface area (Å²) in [6.07, 6.45) is 3.79. The summed E-state index contributed by atoms with van der Waals surface area (Å²) >= 11 is 1.84. The van der Waals surface area contributed by atoms with Crippen LogP contribution in [0.3, 0.4) is 0 Å². The number of fused-ring (bicyclic) bond motifs is 2. The van der Waals surface area contributed by atoms with Crippen molar-refractivity contribution in [3.8, 4) is 0 Å². The average Bonchev–Trinajstić information content (AvgIpc) is 2.99. The Hall–Kier alpha value is -1.74. The number of hydrogen-bond acceptors (Lipinski definition) is 2. The molecule has 1 unspecified atom stereocenters. The predicted molar refractivity (Wildman–Crippen MR) is 93.9 cm³/mol. The van der Waals surface area contributed by atoms with Gasteiger partial charge in [-0.15, -0.1) is 0 Å². The second-order valence-corrected chi connectivity index (χ2v) is 7.67. The Bertz CT molecular complexity index is 755. The average molecular weight is 323 g/mol. The number of amides is 1. The van der Waals surface area contributed by atoms with Crippen LogP contribution in [0.5, 0.6) is 0 Å². The zero-order valence-corrected chi connectivity index (χ0v) is 14.2. The molecule has 23 heavy (non-hydrogen) atoms. The molecule has 0 bridgehead atoms. The summed E-state index contributed by atoms with van der Waals surface area (Å²) in [6, 6.07) is 15.5. The number of hydrogen-bond donors (Lipinski definition) is 0. The van der Waals surface area contributed by atoms with E-state index in [-0.39, 0.29) is 5.91 Å². The number of rotatable bonds is 2. The van der Waals surface area contributed by atoms with E-state index in [4.69, 9.17) is 0 Å². The number of likely N-dealkylation sites (tertiary alicyclic amines) is 1. The molecule has 4 rings (SSSR count). The van der Waals surface area contributed by atoms with Crippen molar-refractivity contribution in [1.29, 1.82) is 0 Å². The highest BCUT2D eigenvalue weighted by atomic mass is 32.2. The van der Waals surface area contributed by atoms with Crippen molar-refractivity contribution < 1.29 is 4.79 Å². The molecule has 0 saturated carbocycles. The van der Waals surface area contributed by atoms with Crippen molar-refractivity contribution in [3.05, 3.63) is 59.2 Å². The van der Waals surface area contributed by atoms with Crippen LogP contribution in [0.4, 0.5) is 0 Å². The number of carbonyl (C=O) groups is 1. The van der Waals surface area contributed by atoms with Gasteiger partial charge in [-0.05, 0) is 55.0 Å². The zero-order valence-electron chi connectivity index (χ0n) is 13.4. The molecular weight excluding hydrogens is 302 g/mol. The highest BCUT2D eigenvalue weighted by molar-refractivity contribution is 7.99. The maximum Gasteiger partial charge on any atom is 0.227 e. The number of nitrogens with zero attached hydrogens (tertiary/aromatic N) is 1. The first-order chi connectivity index (χ1) is 11.2. The Morgan fingerprint density at radius 2 is 2.00 bits per heavy atom. The normalized spacial score (nSPS) is 19.3. The van der Waals surface area contributed by atoms with E-state index in [0.717, 1.165) is 31.4 Å². The Kier molecular flexibility index (Phi) is 3.90. The number of carbonyl (C=O) groups excluding carboxylic acids is 1. The van der Waals surface area contributed by atoms with Crippen molar-refractivity contribution in [2.45, 2.75) is 48.4 Å². The minimum Gasteiger partial charge on any atom is -0.340 e. The van der Waals surface area contributed by atoms with Crippen LogP contribution in [0.25, 0.3) is 0 Å². The Labute approximate surface area is 141 Å². The lowest BCUT2D eigenvalue weighted by molar-refractivity contribution is -0.130. The zero-order chi connectivity index (χ0) is 15.8. The van der Waals surface area contributed by atoms with E-state index < -0.39 is 0 Å². The molecule has 1 amide bonds. The van der Waals surface area contributed by atoms with E-state index in [1.54, 1.807) is 0 Å². The quantitative estimate of drug-likeness (QED) is 0.701. The summed E-state index contributed by atoms with van der Waals surface area (Å²) in [5.74, 6) is 0.277. The SMILES string of the molecule is CC1CCCN1C(=O)Cc1ccc2c(c1)Cc1ccccc1S2. The molecule has 0 radical (unpaired) electrons. The fraction of sp³-hybridized carbons (Fsp3) is 0.350. The molecule has 0 aliphatic carbocycles. The Morgan fingerprint density at radius 3 is 2.83 bits per heavy atom. The summed E-state index contributed by atoms with van der Waals surface area (Å²) in [5, 5.41) is 0. The van der Waals surface area contributed by atoms with Gasteiger partial charge < -0.3 is 4.90 Å². The fourth-order valence-corrected chi connectivity index (χ4v) is 4.69. The van der Waals surface area contributed by atoms with E-state index in [9.17, 15) is 4.79 Å². The summed E-state index contributed by atoms with van der Waals surface area (Å²) in [6.45, 7) is 3.08. The summed E-state index contributed by atoms with van der Waals surface area (Å²) in [5.41, 5.74) is 3.89. The molecule has 118 valence electrons. The van der Waals surface area contributed by atoms with Gasteiger partial charge in [0.05, 0.1) is 6.42 Å². The van der Waals surface area contributed by atoms with Gasteiger partial charge in [0.25, 0.3) is 0 Å². The number of benzene rings is 2. The van der Waals surface area contributed by atoms with Gasteiger partial charge in [0.2, 0.25) is 5.91 Å². The monoisotopic (exact) mass is 323 g/mol. The van der Waals surface area contributed by atoms with Crippen molar-refractivity contribution in [2.24, 2.45) is 0 Å². The van der Waals surface area contributed by atoms with Crippen molar-refractivity contribution in [2.75, 3.05) is 6.54 Å². The van der Waals surface area contributed by atoms with E-state index in [1.807, 2.05) is 16.7 Å². The molecule has 1 fully saturated rings. The van der Waals surface area contributed by atoms with Crippen LogP contribution >= 0.6 is 11.8 Å². The van der Waals surface area contributed by atoms with Crippen molar-refractivity contribution in [3.63, 3.8) is 0 Å². The Morgan fingerprint density at radius 1 is 1.17 bits per heavy atom. The molecule has 2 heterocycles. The van der Waals surface area contributed by atoms with E-state index in [0.29, 0.717) is 12.5 Å². The second kappa shape index (κ2) is 6.04. The molecule has 2 aromatic rings. The molecule has 1 atom stereocenters. The molecule has 0 aromatic heterocycles. The van der Waals surface area contributed by atoms with Gasteiger partial charge in [0.15, 0.2) is 0 Å². The summed E-state index contributed by atoms with van der Waals surface area (Å²) < 4.78 is 0. The lowest BCUT2D eigenvalue weighted by Crippen LogP contribution is -2.34. The van der Waals surface area contributed by atoms with Crippen LogP contribution in [0.15, 0.2) is 52.3 Å². The first kappa shape index (κ1) is 14.8. The predicted octanol–water partition coefficient (Wildman–Crippen LogP) is 4.30. The van der Waals surface area contributed by atoms with Crippen LogP contribution in [0.1, 0.15) is 36.5 Å². The van der Waals surface area contributed by atoms with Gasteiger partial charge in [0, 0.05) is 22.4 Å². The van der Waals surface area contributed by atoms with E-state index in [2.05, 4.69) is 49.4 Å². The lowest BCUT2D eigenvalue weighted by atomic mass is 10.0. The minimum atomic E-state index is 0.277. The van der Waals surface area contributed by atoms with Crippen LogP contribution in [-0.4, -0.2) is 23.4 Å².